The number of fused-ring (bicyclic) bond motifs is 1. The number of nitrogens with one attached hydrogen (secondary N) is 1. The van der Waals surface area contributed by atoms with Crippen LogP contribution in [0.4, 0.5) is 0 Å². The topological polar surface area (TPSA) is 17.0 Å². The van der Waals surface area contributed by atoms with E-state index in [9.17, 15) is 0 Å². The molecule has 0 bridgehead atoms. The van der Waals surface area contributed by atoms with E-state index in [4.69, 9.17) is 11.6 Å². The summed E-state index contributed by atoms with van der Waals surface area (Å²) in [5.74, 6) is 0.716. The molecule has 0 radical (unpaired) electrons. The molecule has 0 aliphatic carbocycles. The van der Waals surface area contributed by atoms with E-state index in [0.29, 0.717) is 5.92 Å². The summed E-state index contributed by atoms with van der Waals surface area (Å²) in [6.45, 7) is 9.78. The van der Waals surface area contributed by atoms with Crippen molar-refractivity contribution in [3.05, 3.63) is 35.0 Å². The summed E-state index contributed by atoms with van der Waals surface area (Å²) in [6, 6.07) is 6.22. The molecule has 0 saturated heterocycles. The SMILES string of the molecule is CCCNCc1cn(CCC(C)C)c2cc(Cl)ccc12. The Balaban J connectivity index is 2.28. The molecule has 0 fully saturated rings. The Bertz CT molecular complexity index is 557. The van der Waals surface area contributed by atoms with Crippen molar-refractivity contribution in [1.29, 1.82) is 0 Å². The van der Waals surface area contributed by atoms with Crippen LogP contribution in [-0.4, -0.2) is 11.1 Å². The number of hydrogen-bond donors (Lipinski definition) is 1. The summed E-state index contributed by atoms with van der Waals surface area (Å²) in [4.78, 5) is 0. The number of aryl methyl sites for hydroxylation is 1. The first kappa shape index (κ1) is 15.4. The van der Waals surface area contributed by atoms with E-state index in [2.05, 4.69) is 49.0 Å². The Morgan fingerprint density at radius 2 is 2.10 bits per heavy atom. The fourth-order valence-electron chi connectivity index (χ4n) is 2.46. The van der Waals surface area contributed by atoms with Gasteiger partial charge in [0.1, 0.15) is 0 Å². The van der Waals surface area contributed by atoms with Crippen LogP contribution in [0.1, 0.15) is 39.2 Å². The molecule has 0 atom stereocenters. The van der Waals surface area contributed by atoms with Gasteiger partial charge in [-0.25, -0.2) is 0 Å². The lowest BCUT2D eigenvalue weighted by atomic mass is 10.1. The van der Waals surface area contributed by atoms with E-state index in [-0.39, 0.29) is 0 Å². The van der Waals surface area contributed by atoms with E-state index in [1.807, 2.05) is 6.07 Å². The first-order chi connectivity index (χ1) is 9.61. The zero-order valence-corrected chi connectivity index (χ0v) is 13.5. The van der Waals surface area contributed by atoms with Gasteiger partial charge in [0.05, 0.1) is 0 Å². The van der Waals surface area contributed by atoms with Crippen LogP contribution in [0.5, 0.6) is 0 Å². The molecule has 0 amide bonds. The normalized spacial score (nSPS) is 11.7. The monoisotopic (exact) mass is 292 g/mol. The third kappa shape index (κ3) is 3.77. The molecule has 0 aliphatic rings. The van der Waals surface area contributed by atoms with Gasteiger partial charge in [0.15, 0.2) is 0 Å². The average molecular weight is 293 g/mol. The molecule has 20 heavy (non-hydrogen) atoms. The van der Waals surface area contributed by atoms with Gasteiger partial charge in [-0.3, -0.25) is 0 Å². The van der Waals surface area contributed by atoms with Crippen LogP contribution in [0.25, 0.3) is 10.9 Å². The van der Waals surface area contributed by atoms with E-state index in [1.54, 1.807) is 0 Å². The largest absolute Gasteiger partial charge is 0.347 e. The summed E-state index contributed by atoms with van der Waals surface area (Å²) in [6.07, 6.45) is 4.64. The second-order valence-electron chi connectivity index (χ2n) is 5.87. The van der Waals surface area contributed by atoms with Gasteiger partial charge in [-0.15, -0.1) is 0 Å². The summed E-state index contributed by atoms with van der Waals surface area (Å²) in [5, 5.41) is 5.63. The molecule has 2 aromatic rings. The Labute approximate surface area is 127 Å². The maximum atomic E-state index is 6.16. The Hall–Kier alpha value is -0.990. The van der Waals surface area contributed by atoms with Crippen molar-refractivity contribution in [2.45, 2.75) is 46.7 Å². The van der Waals surface area contributed by atoms with Gasteiger partial charge < -0.3 is 9.88 Å². The third-order valence-electron chi connectivity index (χ3n) is 3.62. The lowest BCUT2D eigenvalue weighted by molar-refractivity contribution is 0.523. The van der Waals surface area contributed by atoms with Crippen molar-refractivity contribution in [2.75, 3.05) is 6.54 Å². The molecule has 1 N–H and O–H groups in total. The summed E-state index contributed by atoms with van der Waals surface area (Å²) in [5.41, 5.74) is 2.63. The second kappa shape index (κ2) is 7.14. The third-order valence-corrected chi connectivity index (χ3v) is 3.85. The van der Waals surface area contributed by atoms with E-state index >= 15 is 0 Å². The molecule has 3 heteroatoms. The van der Waals surface area contributed by atoms with E-state index in [0.717, 1.165) is 31.1 Å². The van der Waals surface area contributed by atoms with Crippen molar-refractivity contribution in [1.82, 2.24) is 9.88 Å². The summed E-state index contributed by atoms with van der Waals surface area (Å²) >= 11 is 6.16. The van der Waals surface area contributed by atoms with Gasteiger partial charge in [0.25, 0.3) is 0 Å². The van der Waals surface area contributed by atoms with Crippen LogP contribution in [0.15, 0.2) is 24.4 Å². The molecule has 0 saturated carbocycles. The summed E-state index contributed by atoms with van der Waals surface area (Å²) < 4.78 is 2.35. The van der Waals surface area contributed by atoms with Gasteiger partial charge >= 0.3 is 0 Å². The maximum Gasteiger partial charge on any atom is 0.0498 e. The molecule has 1 aromatic carbocycles. The van der Waals surface area contributed by atoms with Gasteiger partial charge in [0.2, 0.25) is 0 Å². The van der Waals surface area contributed by atoms with Crippen molar-refractivity contribution in [2.24, 2.45) is 5.92 Å². The van der Waals surface area contributed by atoms with Crippen LogP contribution in [-0.2, 0) is 13.1 Å². The molecule has 0 aliphatic heterocycles. The predicted molar refractivity (Wildman–Crippen MR) is 88.4 cm³/mol. The fourth-order valence-corrected chi connectivity index (χ4v) is 2.63. The van der Waals surface area contributed by atoms with Crippen LogP contribution in [0, 0.1) is 5.92 Å². The highest BCUT2D eigenvalue weighted by molar-refractivity contribution is 6.31. The van der Waals surface area contributed by atoms with Crippen LogP contribution in [0.3, 0.4) is 0 Å². The van der Waals surface area contributed by atoms with Crippen LogP contribution >= 0.6 is 11.6 Å². The van der Waals surface area contributed by atoms with E-state index in [1.165, 1.54) is 22.9 Å². The van der Waals surface area contributed by atoms with Gasteiger partial charge in [0, 0.05) is 35.2 Å². The average Bonchev–Trinajstić information content (AvgIpc) is 2.74. The highest BCUT2D eigenvalue weighted by Gasteiger charge is 2.09. The zero-order chi connectivity index (χ0) is 14.5. The standard InChI is InChI=1S/C17H25ClN2/c1-4-8-19-11-14-12-20(9-7-13(2)3)17-10-15(18)5-6-16(14)17/h5-6,10,12-13,19H,4,7-9,11H2,1-3H3. The molecular formula is C17H25ClN2. The molecular weight excluding hydrogens is 268 g/mol. The van der Waals surface area contributed by atoms with Crippen molar-refractivity contribution >= 4 is 22.5 Å². The number of rotatable bonds is 7. The van der Waals surface area contributed by atoms with Crippen molar-refractivity contribution in [3.8, 4) is 0 Å². The minimum absolute atomic E-state index is 0.716. The molecule has 2 nitrogen and oxygen atoms in total. The molecule has 0 spiro atoms. The second-order valence-corrected chi connectivity index (χ2v) is 6.30. The fraction of sp³-hybridized carbons (Fsp3) is 0.529. The van der Waals surface area contributed by atoms with Crippen molar-refractivity contribution in [3.63, 3.8) is 0 Å². The molecule has 110 valence electrons. The number of aromatic nitrogens is 1. The lowest BCUT2D eigenvalue weighted by Crippen LogP contribution is -2.13. The minimum Gasteiger partial charge on any atom is -0.347 e. The van der Waals surface area contributed by atoms with Gasteiger partial charge in [-0.05, 0) is 43.0 Å². The first-order valence-electron chi connectivity index (χ1n) is 7.59. The highest BCUT2D eigenvalue weighted by Crippen LogP contribution is 2.25. The first-order valence-corrected chi connectivity index (χ1v) is 7.97. The lowest BCUT2D eigenvalue weighted by Gasteiger charge is -2.07. The Kier molecular flexibility index (Phi) is 5.50. The Morgan fingerprint density at radius 3 is 2.80 bits per heavy atom. The number of halogens is 1. The summed E-state index contributed by atoms with van der Waals surface area (Å²) in [7, 11) is 0. The zero-order valence-electron chi connectivity index (χ0n) is 12.7. The van der Waals surface area contributed by atoms with Gasteiger partial charge in [-0.2, -0.15) is 0 Å². The molecule has 1 heterocycles. The number of benzene rings is 1. The van der Waals surface area contributed by atoms with Crippen molar-refractivity contribution < 1.29 is 0 Å². The van der Waals surface area contributed by atoms with E-state index < -0.39 is 0 Å². The quantitative estimate of drug-likeness (QED) is 0.723. The molecule has 0 unspecified atom stereocenters. The highest BCUT2D eigenvalue weighted by atomic mass is 35.5. The predicted octanol–water partition coefficient (Wildman–Crippen LogP) is 4.84. The molecule has 1 aromatic heterocycles. The Morgan fingerprint density at radius 1 is 1.30 bits per heavy atom. The number of hydrogen-bond acceptors (Lipinski definition) is 1. The smallest absolute Gasteiger partial charge is 0.0498 e. The molecule has 2 rings (SSSR count). The van der Waals surface area contributed by atoms with Crippen LogP contribution < -0.4 is 5.32 Å². The van der Waals surface area contributed by atoms with Crippen LogP contribution in [0.2, 0.25) is 5.02 Å². The maximum absolute atomic E-state index is 6.16. The van der Waals surface area contributed by atoms with Gasteiger partial charge in [-0.1, -0.05) is 38.4 Å². The minimum atomic E-state index is 0.716. The number of nitrogens with zero attached hydrogens (tertiary/aromatic N) is 1.